The minimum Gasteiger partial charge on any atom is -0.493 e. The smallest absolute Gasteiger partial charge is 0.287 e. The Morgan fingerprint density at radius 2 is 1.23 bits per heavy atom. The first-order valence-electron chi connectivity index (χ1n) is 8.76. The molecule has 0 fully saturated rings. The van der Waals surface area contributed by atoms with E-state index >= 15 is 0 Å². The van der Waals surface area contributed by atoms with Crippen LogP contribution in [-0.4, -0.2) is 20.3 Å². The Morgan fingerprint density at radius 1 is 0.733 bits per heavy atom. The molecule has 0 saturated carbocycles. The zero-order chi connectivity index (χ0) is 21.4. The first kappa shape index (κ1) is 20.3. The summed E-state index contributed by atoms with van der Waals surface area (Å²) in [6.07, 6.45) is 0. The summed E-state index contributed by atoms with van der Waals surface area (Å²) in [5, 5.41) is 12.1. The minimum absolute atomic E-state index is 0.114. The molecule has 0 aliphatic rings. The highest BCUT2D eigenvalue weighted by atomic mass is 35.5. The summed E-state index contributed by atoms with van der Waals surface area (Å²) in [4.78, 5) is 26.5. The van der Waals surface area contributed by atoms with Gasteiger partial charge in [0.05, 0.1) is 16.4 Å². The number of hydrogen-bond donors (Lipinski definition) is 1. The first-order valence-corrected chi connectivity index (χ1v) is 9.90. The van der Waals surface area contributed by atoms with Gasteiger partial charge in [0, 0.05) is 15.6 Å². The maximum absolute atomic E-state index is 13.3. The molecule has 0 aliphatic carbocycles. The number of rotatable bonds is 4. The van der Waals surface area contributed by atoms with Crippen molar-refractivity contribution in [1.29, 1.82) is 0 Å². The molecule has 1 heterocycles. The van der Waals surface area contributed by atoms with Crippen molar-refractivity contribution in [2.24, 2.45) is 0 Å². The fourth-order valence-corrected chi connectivity index (χ4v) is 3.58. The lowest BCUT2D eigenvalue weighted by Gasteiger charge is -2.12. The molecule has 0 spiro atoms. The van der Waals surface area contributed by atoms with Gasteiger partial charge >= 0.3 is 0 Å². The number of benzene rings is 3. The molecule has 5 nitrogen and oxygen atoms in total. The van der Waals surface area contributed by atoms with Crippen LogP contribution in [0.3, 0.4) is 0 Å². The van der Waals surface area contributed by atoms with Gasteiger partial charge in [-0.3, -0.25) is 9.59 Å². The molecule has 8 heteroatoms. The lowest BCUT2D eigenvalue weighted by molar-refractivity contribution is 0.103. The Balaban J connectivity index is 2.02. The van der Waals surface area contributed by atoms with E-state index in [4.69, 9.17) is 34.8 Å². The maximum atomic E-state index is 13.3. The van der Waals surface area contributed by atoms with E-state index in [2.05, 4.69) is 0 Å². The Morgan fingerprint density at radius 3 is 1.77 bits per heavy atom. The van der Waals surface area contributed by atoms with Gasteiger partial charge in [-0.05, 0) is 60.7 Å². The van der Waals surface area contributed by atoms with Crippen molar-refractivity contribution in [1.82, 2.24) is 9.36 Å². The second-order valence-electron chi connectivity index (χ2n) is 6.39. The van der Waals surface area contributed by atoms with E-state index in [0.29, 0.717) is 21.4 Å². The zero-order valence-corrected chi connectivity index (χ0v) is 17.5. The van der Waals surface area contributed by atoms with Crippen LogP contribution < -0.4 is 5.56 Å². The second kappa shape index (κ2) is 8.03. The topological polar surface area (TPSA) is 64.2 Å². The molecule has 0 aliphatic heterocycles. The average molecular weight is 460 g/mol. The molecule has 0 saturated heterocycles. The Hall–Kier alpha value is -2.99. The van der Waals surface area contributed by atoms with Crippen LogP contribution in [0.1, 0.15) is 15.9 Å². The van der Waals surface area contributed by atoms with Gasteiger partial charge < -0.3 is 5.11 Å². The molecule has 4 rings (SSSR count). The Kier molecular flexibility index (Phi) is 5.43. The van der Waals surface area contributed by atoms with Crippen molar-refractivity contribution in [3.63, 3.8) is 0 Å². The monoisotopic (exact) mass is 458 g/mol. The third-order valence-electron chi connectivity index (χ3n) is 4.52. The van der Waals surface area contributed by atoms with E-state index in [1.165, 1.54) is 15.4 Å². The average Bonchev–Trinajstić information content (AvgIpc) is 2.99. The number of aromatic nitrogens is 2. The van der Waals surface area contributed by atoms with E-state index in [9.17, 15) is 14.7 Å². The second-order valence-corrected chi connectivity index (χ2v) is 7.67. The minimum atomic E-state index is -0.699. The molecular weight excluding hydrogens is 447 g/mol. The van der Waals surface area contributed by atoms with Crippen molar-refractivity contribution in [3.8, 4) is 17.3 Å². The van der Waals surface area contributed by atoms with E-state index < -0.39 is 22.8 Å². The largest absolute Gasteiger partial charge is 0.493 e. The van der Waals surface area contributed by atoms with E-state index in [0.717, 1.165) is 0 Å². The third kappa shape index (κ3) is 3.52. The van der Waals surface area contributed by atoms with Gasteiger partial charge in [-0.2, -0.15) is 0 Å². The highest BCUT2D eigenvalue weighted by molar-refractivity contribution is 6.35. The van der Waals surface area contributed by atoms with Gasteiger partial charge in [0.2, 0.25) is 11.7 Å². The van der Waals surface area contributed by atoms with Crippen LogP contribution in [0.2, 0.25) is 15.1 Å². The molecule has 0 atom stereocenters. The molecule has 30 heavy (non-hydrogen) atoms. The van der Waals surface area contributed by atoms with Crippen LogP contribution in [0, 0.1) is 0 Å². The van der Waals surface area contributed by atoms with Crippen LogP contribution in [0.5, 0.6) is 5.88 Å². The highest BCUT2D eigenvalue weighted by Crippen LogP contribution is 2.28. The fourth-order valence-electron chi connectivity index (χ4n) is 3.11. The van der Waals surface area contributed by atoms with Crippen LogP contribution in [-0.2, 0) is 0 Å². The van der Waals surface area contributed by atoms with Crippen molar-refractivity contribution >= 4 is 40.6 Å². The number of carbonyl (C=O) groups excluding carboxylic acids is 1. The number of nitrogens with zero attached hydrogens (tertiary/aromatic N) is 2. The molecule has 1 aromatic heterocycles. The lowest BCUT2D eigenvalue weighted by Crippen LogP contribution is -2.23. The predicted molar refractivity (Wildman–Crippen MR) is 118 cm³/mol. The summed E-state index contributed by atoms with van der Waals surface area (Å²) in [5.74, 6) is -1.19. The zero-order valence-electron chi connectivity index (χ0n) is 15.2. The van der Waals surface area contributed by atoms with Crippen LogP contribution in [0.15, 0.2) is 77.6 Å². The van der Waals surface area contributed by atoms with Crippen molar-refractivity contribution in [3.05, 3.63) is 109 Å². The predicted octanol–water partition coefficient (Wildman–Crippen LogP) is 5.53. The van der Waals surface area contributed by atoms with E-state index in [1.807, 2.05) is 0 Å². The van der Waals surface area contributed by atoms with Crippen LogP contribution >= 0.6 is 34.8 Å². The Bertz CT molecular complexity index is 1310. The number of ketones is 1. The van der Waals surface area contributed by atoms with Crippen LogP contribution in [0.4, 0.5) is 0 Å². The molecule has 1 N–H and O–H groups in total. The summed E-state index contributed by atoms with van der Waals surface area (Å²) < 4.78 is 2.44. The molecular formula is C22H13Cl3N2O3. The molecule has 0 radical (unpaired) electrons. The molecule has 3 aromatic carbocycles. The lowest BCUT2D eigenvalue weighted by atomic mass is 10.1. The van der Waals surface area contributed by atoms with Gasteiger partial charge in [-0.15, -0.1) is 0 Å². The normalized spacial score (nSPS) is 10.9. The highest BCUT2D eigenvalue weighted by Gasteiger charge is 2.28. The van der Waals surface area contributed by atoms with E-state index in [1.54, 1.807) is 66.7 Å². The van der Waals surface area contributed by atoms with Gasteiger partial charge in [0.15, 0.2) is 5.56 Å². The third-order valence-corrected chi connectivity index (χ3v) is 5.35. The summed E-state index contributed by atoms with van der Waals surface area (Å²) >= 11 is 18.1. The molecule has 0 unspecified atom stereocenters. The summed E-state index contributed by atoms with van der Waals surface area (Å²) in [6.45, 7) is 0. The quantitative estimate of drug-likeness (QED) is 0.408. The summed E-state index contributed by atoms with van der Waals surface area (Å²) in [7, 11) is 0. The number of halogens is 3. The van der Waals surface area contributed by atoms with Crippen LogP contribution in [0.25, 0.3) is 11.4 Å². The van der Waals surface area contributed by atoms with Crippen molar-refractivity contribution in [2.75, 3.05) is 0 Å². The fraction of sp³-hybridized carbons (Fsp3) is 0. The summed E-state index contributed by atoms with van der Waals surface area (Å²) in [6, 6.07) is 19.2. The van der Waals surface area contributed by atoms with Gasteiger partial charge in [0.1, 0.15) is 0 Å². The van der Waals surface area contributed by atoms with Gasteiger partial charge in [-0.1, -0.05) is 46.9 Å². The molecule has 0 bridgehead atoms. The van der Waals surface area contributed by atoms with Crippen molar-refractivity contribution < 1.29 is 9.90 Å². The molecule has 4 aromatic rings. The number of hydrogen-bond acceptors (Lipinski definition) is 3. The standard InChI is InChI=1S/C22H13Cl3N2O3/c23-13-5-9-15(10-6-13)26-21(29)19(20(28)17-3-1-2-4-18(17)25)22(30)27(26)16-11-7-14(24)8-12-16/h1-12,29H. The SMILES string of the molecule is O=C(c1ccccc1Cl)c1c(O)n(-c2ccc(Cl)cc2)n(-c2ccc(Cl)cc2)c1=O. The van der Waals surface area contributed by atoms with Gasteiger partial charge in [-0.25, -0.2) is 9.36 Å². The first-order chi connectivity index (χ1) is 14.4. The molecule has 150 valence electrons. The van der Waals surface area contributed by atoms with Crippen molar-refractivity contribution in [2.45, 2.75) is 0 Å². The van der Waals surface area contributed by atoms with E-state index in [-0.39, 0.29) is 10.6 Å². The maximum Gasteiger partial charge on any atom is 0.287 e. The number of aromatic hydroxyl groups is 1. The molecule has 0 amide bonds. The summed E-state index contributed by atoms with van der Waals surface area (Å²) in [5.41, 5.74) is -0.138. The Labute approximate surface area is 186 Å². The van der Waals surface area contributed by atoms with Gasteiger partial charge in [0.25, 0.3) is 5.56 Å². The number of carbonyl (C=O) groups is 1.